The summed E-state index contributed by atoms with van der Waals surface area (Å²) in [5.74, 6) is 1.27. The van der Waals surface area contributed by atoms with Crippen molar-refractivity contribution in [1.82, 2.24) is 14.6 Å². The van der Waals surface area contributed by atoms with E-state index in [1.54, 1.807) is 13.2 Å². The van der Waals surface area contributed by atoms with Crippen LogP contribution in [-0.2, 0) is 0 Å². The molecule has 2 heterocycles. The number of thiazole rings is 1. The molecule has 0 spiro atoms. The van der Waals surface area contributed by atoms with Gasteiger partial charge in [-0.15, -0.1) is 5.10 Å². The lowest BCUT2D eigenvalue weighted by molar-refractivity contribution is 0.414. The molecule has 0 aliphatic rings. The molecule has 0 saturated heterocycles. The topological polar surface area (TPSA) is 56.5 Å². The third-order valence-electron chi connectivity index (χ3n) is 3.81. The van der Waals surface area contributed by atoms with Crippen molar-refractivity contribution in [2.45, 2.75) is 0 Å². The van der Waals surface area contributed by atoms with Crippen molar-refractivity contribution in [3.8, 4) is 5.75 Å². The Bertz CT molecular complexity index is 1190. The normalized spacial score (nSPS) is 12.3. The molecule has 2 aromatic heterocycles. The van der Waals surface area contributed by atoms with E-state index in [4.69, 9.17) is 4.74 Å². The van der Waals surface area contributed by atoms with Gasteiger partial charge >= 0.3 is 0 Å². The molecule has 0 fully saturated rings. The van der Waals surface area contributed by atoms with Gasteiger partial charge in [0, 0.05) is 0 Å². The first kappa shape index (κ1) is 16.2. The number of ether oxygens (including phenoxy) is 1. The average molecular weight is 361 g/mol. The molecule has 0 aliphatic heterocycles. The van der Waals surface area contributed by atoms with Crippen LogP contribution in [0.4, 0.5) is 0 Å². The highest BCUT2D eigenvalue weighted by molar-refractivity contribution is 7.15. The first-order valence-electron chi connectivity index (χ1n) is 8.01. The molecule has 0 radical (unpaired) electrons. The smallest absolute Gasteiger partial charge is 0.291 e. The Morgan fingerprint density at radius 2 is 1.85 bits per heavy atom. The van der Waals surface area contributed by atoms with Crippen LogP contribution in [0.3, 0.4) is 0 Å². The van der Waals surface area contributed by atoms with Crippen LogP contribution in [0.15, 0.2) is 59.4 Å². The maximum atomic E-state index is 12.6. The molecule has 128 valence electrons. The molecular weight excluding hydrogens is 346 g/mol. The van der Waals surface area contributed by atoms with E-state index in [-0.39, 0.29) is 5.56 Å². The number of benzene rings is 2. The average Bonchev–Trinajstić information content (AvgIpc) is 3.20. The molecule has 26 heavy (non-hydrogen) atoms. The molecule has 0 N–H and O–H groups in total. The van der Waals surface area contributed by atoms with Gasteiger partial charge in [0.1, 0.15) is 5.75 Å². The van der Waals surface area contributed by atoms with E-state index in [0.29, 0.717) is 15.3 Å². The molecule has 2 aromatic carbocycles. The van der Waals surface area contributed by atoms with Crippen molar-refractivity contribution in [2.75, 3.05) is 7.11 Å². The molecule has 0 saturated carbocycles. The molecular formula is C20H15N3O2S. The van der Waals surface area contributed by atoms with Crippen molar-refractivity contribution in [3.63, 3.8) is 0 Å². The predicted octanol–water partition coefficient (Wildman–Crippen LogP) is 2.88. The van der Waals surface area contributed by atoms with Crippen molar-refractivity contribution < 1.29 is 4.74 Å². The van der Waals surface area contributed by atoms with Crippen LogP contribution in [0.5, 0.6) is 5.75 Å². The Kier molecular flexibility index (Phi) is 4.33. The molecule has 0 amide bonds. The summed E-state index contributed by atoms with van der Waals surface area (Å²) in [5, 5.41) is 4.30. The molecule has 6 heteroatoms. The summed E-state index contributed by atoms with van der Waals surface area (Å²) in [6.45, 7) is 0. The summed E-state index contributed by atoms with van der Waals surface area (Å²) >= 11 is 1.32. The fourth-order valence-electron chi connectivity index (χ4n) is 2.54. The lowest BCUT2D eigenvalue weighted by atomic mass is 10.2. The van der Waals surface area contributed by atoms with Gasteiger partial charge in [-0.1, -0.05) is 59.9 Å². The van der Waals surface area contributed by atoms with E-state index in [0.717, 1.165) is 16.9 Å². The van der Waals surface area contributed by atoms with Gasteiger partial charge in [-0.3, -0.25) is 4.79 Å². The summed E-state index contributed by atoms with van der Waals surface area (Å²) in [5.41, 5.74) is 1.79. The van der Waals surface area contributed by atoms with Gasteiger partial charge < -0.3 is 4.74 Å². The highest BCUT2D eigenvalue weighted by Gasteiger charge is 2.08. The zero-order valence-corrected chi connectivity index (χ0v) is 14.8. The van der Waals surface area contributed by atoms with Crippen LogP contribution >= 0.6 is 11.3 Å². The molecule has 0 unspecified atom stereocenters. The Morgan fingerprint density at radius 3 is 2.62 bits per heavy atom. The van der Waals surface area contributed by atoms with Crippen molar-refractivity contribution in [1.29, 1.82) is 0 Å². The number of fused-ring (bicyclic) bond motifs is 1. The van der Waals surface area contributed by atoms with Gasteiger partial charge in [-0.2, -0.15) is 9.50 Å². The van der Waals surface area contributed by atoms with E-state index >= 15 is 0 Å². The highest BCUT2D eigenvalue weighted by Crippen LogP contribution is 2.13. The van der Waals surface area contributed by atoms with Gasteiger partial charge in [0.05, 0.1) is 11.6 Å². The fraction of sp³-hybridized carbons (Fsp3) is 0.0500. The van der Waals surface area contributed by atoms with Gasteiger partial charge in [0.25, 0.3) is 5.56 Å². The number of hydrogen-bond acceptors (Lipinski definition) is 5. The van der Waals surface area contributed by atoms with Crippen LogP contribution in [0.25, 0.3) is 23.2 Å². The Labute approximate surface area is 153 Å². The Hall–Kier alpha value is -3.25. The maximum absolute atomic E-state index is 12.6. The van der Waals surface area contributed by atoms with Crippen LogP contribution < -0.4 is 14.8 Å². The third-order valence-corrected chi connectivity index (χ3v) is 4.77. The summed E-state index contributed by atoms with van der Waals surface area (Å²) in [6.07, 6.45) is 5.55. The van der Waals surface area contributed by atoms with Crippen molar-refractivity contribution in [2.24, 2.45) is 0 Å². The van der Waals surface area contributed by atoms with Gasteiger partial charge in [0.15, 0.2) is 5.82 Å². The summed E-state index contributed by atoms with van der Waals surface area (Å²) in [4.78, 5) is 17.6. The number of rotatable bonds is 4. The zero-order valence-electron chi connectivity index (χ0n) is 14.0. The molecule has 4 aromatic rings. The summed E-state index contributed by atoms with van der Waals surface area (Å²) < 4.78 is 7.15. The van der Waals surface area contributed by atoms with E-state index in [9.17, 15) is 4.79 Å². The maximum Gasteiger partial charge on any atom is 0.291 e. The minimum atomic E-state index is -0.167. The van der Waals surface area contributed by atoms with E-state index in [1.165, 1.54) is 15.9 Å². The second-order valence-electron chi connectivity index (χ2n) is 5.60. The zero-order chi connectivity index (χ0) is 17.9. The van der Waals surface area contributed by atoms with E-state index in [2.05, 4.69) is 10.1 Å². The molecule has 0 aliphatic carbocycles. The SMILES string of the molecule is COc1cccc(C=c2sc3nc(C=Cc4ccccc4)nn3c2=O)c1. The standard InChI is InChI=1S/C20H15N3O2S/c1-25-16-9-5-8-15(12-16)13-17-19(24)23-20(26-17)21-18(22-23)11-10-14-6-3-2-4-7-14/h2-13H,1H3. The quantitative estimate of drug-likeness (QED) is 0.561. The largest absolute Gasteiger partial charge is 0.497 e. The minimum absolute atomic E-state index is 0.167. The first-order chi connectivity index (χ1) is 12.7. The van der Waals surface area contributed by atoms with Crippen molar-refractivity contribution >= 4 is 34.5 Å². The predicted molar refractivity (Wildman–Crippen MR) is 104 cm³/mol. The Morgan fingerprint density at radius 1 is 1.04 bits per heavy atom. The lowest BCUT2D eigenvalue weighted by Crippen LogP contribution is -2.23. The third kappa shape index (κ3) is 3.27. The number of nitrogens with zero attached hydrogens (tertiary/aromatic N) is 3. The van der Waals surface area contributed by atoms with E-state index in [1.807, 2.05) is 66.7 Å². The lowest BCUT2D eigenvalue weighted by Gasteiger charge is -1.99. The van der Waals surface area contributed by atoms with Gasteiger partial charge in [-0.25, -0.2) is 0 Å². The second-order valence-corrected chi connectivity index (χ2v) is 6.61. The number of aromatic nitrogens is 3. The second kappa shape index (κ2) is 6.93. The monoisotopic (exact) mass is 361 g/mol. The summed E-state index contributed by atoms with van der Waals surface area (Å²) in [7, 11) is 1.62. The van der Waals surface area contributed by atoms with Crippen LogP contribution in [-0.4, -0.2) is 21.7 Å². The number of hydrogen-bond donors (Lipinski definition) is 0. The number of methoxy groups -OCH3 is 1. The molecule has 5 nitrogen and oxygen atoms in total. The van der Waals surface area contributed by atoms with Gasteiger partial charge in [-0.05, 0) is 35.4 Å². The van der Waals surface area contributed by atoms with E-state index < -0.39 is 0 Å². The van der Waals surface area contributed by atoms with Crippen LogP contribution in [0.1, 0.15) is 17.0 Å². The molecule has 4 rings (SSSR count). The van der Waals surface area contributed by atoms with Gasteiger partial charge in [0.2, 0.25) is 4.96 Å². The van der Waals surface area contributed by atoms with Crippen molar-refractivity contribution in [3.05, 3.63) is 86.4 Å². The first-order valence-corrected chi connectivity index (χ1v) is 8.83. The summed E-state index contributed by atoms with van der Waals surface area (Å²) in [6, 6.07) is 17.4. The Balaban J connectivity index is 1.68. The highest BCUT2D eigenvalue weighted by atomic mass is 32.1. The molecule has 0 atom stereocenters. The minimum Gasteiger partial charge on any atom is -0.497 e. The molecule has 0 bridgehead atoms. The van der Waals surface area contributed by atoms with Crippen LogP contribution in [0.2, 0.25) is 0 Å². The van der Waals surface area contributed by atoms with Crippen LogP contribution in [0, 0.1) is 0 Å². The fourth-order valence-corrected chi connectivity index (χ4v) is 3.45.